The second-order valence-corrected chi connectivity index (χ2v) is 6.22. The van der Waals surface area contributed by atoms with Crippen molar-refractivity contribution in [3.8, 4) is 22.8 Å². The monoisotopic (exact) mass is 385 g/mol. The number of carbonyl (C=O) groups excluding carboxylic acids is 1. The molecule has 3 rings (SSSR count). The van der Waals surface area contributed by atoms with E-state index in [0.29, 0.717) is 22.3 Å². The normalized spacial score (nSPS) is 10.3. The maximum Gasteiger partial charge on any atom is 0.269 e. The fourth-order valence-electron chi connectivity index (χ4n) is 2.21. The first kappa shape index (κ1) is 18.3. The van der Waals surface area contributed by atoms with Gasteiger partial charge in [0.25, 0.3) is 11.6 Å². The Labute approximate surface area is 158 Å². The zero-order valence-electron chi connectivity index (χ0n) is 14.2. The summed E-state index contributed by atoms with van der Waals surface area (Å²) in [6.45, 7) is -0.167. The van der Waals surface area contributed by atoms with E-state index >= 15 is 0 Å². The van der Waals surface area contributed by atoms with Crippen LogP contribution in [-0.4, -0.2) is 29.5 Å². The average Bonchev–Trinajstić information content (AvgIpc) is 3.15. The van der Waals surface area contributed by atoms with Gasteiger partial charge in [0, 0.05) is 29.1 Å². The third-order valence-electron chi connectivity index (χ3n) is 3.54. The predicted octanol–water partition coefficient (Wildman–Crippen LogP) is 3.74. The smallest absolute Gasteiger partial charge is 0.269 e. The van der Waals surface area contributed by atoms with Crippen LogP contribution >= 0.6 is 11.3 Å². The third-order valence-corrected chi connectivity index (χ3v) is 4.29. The van der Waals surface area contributed by atoms with Crippen molar-refractivity contribution in [1.29, 1.82) is 0 Å². The number of thiazole rings is 1. The number of anilines is 1. The number of hydrogen-bond donors (Lipinski definition) is 1. The molecule has 3 aromatic rings. The van der Waals surface area contributed by atoms with Gasteiger partial charge in [0.05, 0.1) is 17.7 Å². The molecule has 0 bridgehead atoms. The van der Waals surface area contributed by atoms with Crippen LogP contribution in [0, 0.1) is 10.1 Å². The molecule has 8 nitrogen and oxygen atoms in total. The lowest BCUT2D eigenvalue weighted by Gasteiger charge is -2.07. The van der Waals surface area contributed by atoms with Crippen LogP contribution in [0.3, 0.4) is 0 Å². The van der Waals surface area contributed by atoms with Crippen LogP contribution in [0.1, 0.15) is 0 Å². The first-order valence-electron chi connectivity index (χ1n) is 7.82. The van der Waals surface area contributed by atoms with Crippen molar-refractivity contribution in [2.24, 2.45) is 0 Å². The SMILES string of the molecule is COc1cccc(OCC(=O)Nc2nc(-c3ccc([N+](=O)[O-])cc3)cs2)c1. The summed E-state index contributed by atoms with van der Waals surface area (Å²) in [5.74, 6) is 0.818. The van der Waals surface area contributed by atoms with Crippen LogP contribution in [0.4, 0.5) is 10.8 Å². The molecule has 0 atom stereocenters. The number of nitro benzene ring substituents is 1. The lowest BCUT2D eigenvalue weighted by atomic mass is 10.1. The van der Waals surface area contributed by atoms with Gasteiger partial charge < -0.3 is 9.47 Å². The molecule has 1 amide bonds. The largest absolute Gasteiger partial charge is 0.497 e. The third kappa shape index (κ3) is 4.79. The molecule has 1 heterocycles. The first-order valence-corrected chi connectivity index (χ1v) is 8.70. The molecule has 1 aromatic heterocycles. The van der Waals surface area contributed by atoms with Gasteiger partial charge in [-0.1, -0.05) is 6.07 Å². The highest BCUT2D eigenvalue weighted by atomic mass is 32.1. The highest BCUT2D eigenvalue weighted by Gasteiger charge is 2.11. The Kier molecular flexibility index (Phi) is 5.62. The van der Waals surface area contributed by atoms with E-state index < -0.39 is 4.92 Å². The van der Waals surface area contributed by atoms with Gasteiger partial charge in [0.15, 0.2) is 11.7 Å². The second-order valence-electron chi connectivity index (χ2n) is 5.36. The Hall–Kier alpha value is -3.46. The fraction of sp³-hybridized carbons (Fsp3) is 0.111. The number of carbonyl (C=O) groups is 1. The Bertz CT molecular complexity index is 956. The molecular formula is C18H15N3O5S. The van der Waals surface area contributed by atoms with Crippen molar-refractivity contribution in [2.75, 3.05) is 19.0 Å². The molecule has 0 aliphatic rings. The van der Waals surface area contributed by atoms with Gasteiger partial charge in [-0.3, -0.25) is 20.2 Å². The number of non-ortho nitro benzene ring substituents is 1. The molecule has 0 fully saturated rings. The summed E-state index contributed by atoms with van der Waals surface area (Å²) in [4.78, 5) is 26.6. The van der Waals surface area contributed by atoms with Gasteiger partial charge in [-0.2, -0.15) is 0 Å². The minimum absolute atomic E-state index is 0.0113. The number of aromatic nitrogens is 1. The van der Waals surface area contributed by atoms with Gasteiger partial charge >= 0.3 is 0 Å². The zero-order chi connectivity index (χ0) is 19.2. The van der Waals surface area contributed by atoms with E-state index in [1.807, 2.05) is 0 Å². The fourth-order valence-corrected chi connectivity index (χ4v) is 2.95. The molecule has 0 radical (unpaired) electrons. The number of nitrogens with one attached hydrogen (secondary N) is 1. The number of nitro groups is 1. The first-order chi connectivity index (χ1) is 13.0. The van der Waals surface area contributed by atoms with Crippen LogP contribution in [0.2, 0.25) is 0 Å². The van der Waals surface area contributed by atoms with Crippen LogP contribution in [0.25, 0.3) is 11.3 Å². The standard InChI is InChI=1S/C18H15N3O5S/c1-25-14-3-2-4-15(9-14)26-10-17(22)20-18-19-16(11-27-18)12-5-7-13(8-6-12)21(23)24/h2-9,11H,10H2,1H3,(H,19,20,22). The summed E-state index contributed by atoms with van der Waals surface area (Å²) in [6, 6.07) is 13.0. The van der Waals surface area contributed by atoms with Crippen LogP contribution < -0.4 is 14.8 Å². The van der Waals surface area contributed by atoms with E-state index in [-0.39, 0.29) is 18.2 Å². The van der Waals surface area contributed by atoms with Crippen molar-refractivity contribution in [3.63, 3.8) is 0 Å². The van der Waals surface area contributed by atoms with Crippen molar-refractivity contribution in [3.05, 3.63) is 64.0 Å². The molecule has 9 heteroatoms. The Morgan fingerprint density at radius 3 is 2.67 bits per heavy atom. The molecule has 1 N–H and O–H groups in total. The van der Waals surface area contributed by atoms with E-state index in [4.69, 9.17) is 9.47 Å². The Morgan fingerprint density at radius 1 is 1.22 bits per heavy atom. The molecule has 138 valence electrons. The predicted molar refractivity (Wildman–Crippen MR) is 101 cm³/mol. The molecule has 0 aliphatic carbocycles. The van der Waals surface area contributed by atoms with Crippen molar-refractivity contribution in [1.82, 2.24) is 4.98 Å². The average molecular weight is 385 g/mol. The van der Waals surface area contributed by atoms with E-state index in [1.54, 1.807) is 48.9 Å². The summed E-state index contributed by atoms with van der Waals surface area (Å²) >= 11 is 1.26. The molecule has 27 heavy (non-hydrogen) atoms. The van der Waals surface area contributed by atoms with Crippen molar-refractivity contribution >= 4 is 28.1 Å². The van der Waals surface area contributed by atoms with Crippen molar-refractivity contribution < 1.29 is 19.2 Å². The van der Waals surface area contributed by atoms with E-state index in [0.717, 1.165) is 5.56 Å². The topological polar surface area (TPSA) is 104 Å². The minimum Gasteiger partial charge on any atom is -0.497 e. The maximum atomic E-state index is 12.0. The minimum atomic E-state index is -0.460. The molecule has 2 aromatic carbocycles. The van der Waals surface area contributed by atoms with E-state index in [9.17, 15) is 14.9 Å². The highest BCUT2D eigenvalue weighted by molar-refractivity contribution is 7.14. The molecular weight excluding hydrogens is 370 g/mol. The summed E-state index contributed by atoms with van der Waals surface area (Å²) < 4.78 is 10.5. The molecule has 0 spiro atoms. The second kappa shape index (κ2) is 8.28. The van der Waals surface area contributed by atoms with Crippen LogP contribution in [0.5, 0.6) is 11.5 Å². The number of hydrogen-bond acceptors (Lipinski definition) is 7. The molecule has 0 unspecified atom stereocenters. The number of benzene rings is 2. The Balaban J connectivity index is 1.58. The lowest BCUT2D eigenvalue weighted by molar-refractivity contribution is -0.384. The molecule has 0 saturated heterocycles. The number of methoxy groups -OCH3 is 1. The number of nitrogens with zero attached hydrogens (tertiary/aromatic N) is 2. The number of rotatable bonds is 7. The van der Waals surface area contributed by atoms with Crippen LogP contribution in [-0.2, 0) is 4.79 Å². The zero-order valence-corrected chi connectivity index (χ0v) is 15.1. The summed E-state index contributed by atoms with van der Waals surface area (Å²) in [5, 5.41) is 15.5. The Morgan fingerprint density at radius 2 is 1.96 bits per heavy atom. The van der Waals surface area contributed by atoms with Gasteiger partial charge in [0.1, 0.15) is 11.5 Å². The van der Waals surface area contributed by atoms with E-state index in [2.05, 4.69) is 10.3 Å². The highest BCUT2D eigenvalue weighted by Crippen LogP contribution is 2.26. The summed E-state index contributed by atoms with van der Waals surface area (Å²) in [7, 11) is 1.55. The van der Waals surface area contributed by atoms with Gasteiger partial charge in [-0.05, 0) is 24.3 Å². The van der Waals surface area contributed by atoms with Gasteiger partial charge in [-0.25, -0.2) is 4.98 Å². The number of amides is 1. The van der Waals surface area contributed by atoms with E-state index in [1.165, 1.54) is 23.5 Å². The lowest BCUT2D eigenvalue weighted by Crippen LogP contribution is -2.20. The number of ether oxygens (including phenoxy) is 2. The molecule has 0 aliphatic heterocycles. The maximum absolute atomic E-state index is 12.0. The van der Waals surface area contributed by atoms with Gasteiger partial charge in [-0.15, -0.1) is 11.3 Å². The summed E-state index contributed by atoms with van der Waals surface area (Å²) in [6.07, 6.45) is 0. The molecule has 0 saturated carbocycles. The van der Waals surface area contributed by atoms with Gasteiger partial charge in [0.2, 0.25) is 0 Å². The van der Waals surface area contributed by atoms with Crippen molar-refractivity contribution in [2.45, 2.75) is 0 Å². The van der Waals surface area contributed by atoms with Crippen LogP contribution in [0.15, 0.2) is 53.9 Å². The quantitative estimate of drug-likeness (QED) is 0.491. The summed E-state index contributed by atoms with van der Waals surface area (Å²) in [5.41, 5.74) is 1.36.